The van der Waals surface area contributed by atoms with Crippen molar-refractivity contribution in [2.45, 2.75) is 17.4 Å². The number of nitrogens with zero attached hydrogens (tertiary/aromatic N) is 1. The van der Waals surface area contributed by atoms with E-state index in [4.69, 9.17) is 9.47 Å². The molecule has 0 spiro atoms. The molecule has 2 N–H and O–H groups in total. The molecule has 1 aromatic carbocycles. The Hall–Kier alpha value is -1.55. The van der Waals surface area contributed by atoms with E-state index in [-0.39, 0.29) is 41.6 Å². The third-order valence-electron chi connectivity index (χ3n) is 4.08. The number of methoxy groups -OCH3 is 1. The summed E-state index contributed by atoms with van der Waals surface area (Å²) < 4.78 is 37.8. The monoisotopic (exact) mass is 377 g/mol. The van der Waals surface area contributed by atoms with Gasteiger partial charge in [-0.2, -0.15) is 4.31 Å². The molecule has 2 aliphatic heterocycles. The summed E-state index contributed by atoms with van der Waals surface area (Å²) in [5.74, 6) is 0.224. The van der Waals surface area contributed by atoms with Gasteiger partial charge in [-0.25, -0.2) is 8.42 Å². The maximum atomic E-state index is 12.9. The van der Waals surface area contributed by atoms with Crippen molar-refractivity contribution in [3.05, 3.63) is 12.1 Å². The summed E-state index contributed by atoms with van der Waals surface area (Å²) in [6, 6.07) is 3.03. The molecule has 0 radical (unpaired) electrons. The number of amides is 1. The lowest BCUT2D eigenvalue weighted by Gasteiger charge is -2.22. The maximum Gasteiger partial charge on any atom is 0.262 e. The molecule has 0 bridgehead atoms. The molecule has 10 heteroatoms. The third-order valence-corrected chi connectivity index (χ3v) is 5.96. The highest BCUT2D eigenvalue weighted by molar-refractivity contribution is 7.89. The first-order valence-corrected chi connectivity index (χ1v) is 8.72. The number of ether oxygens (including phenoxy) is 2. The fourth-order valence-electron chi connectivity index (χ4n) is 2.77. The minimum atomic E-state index is -3.70. The zero-order chi connectivity index (χ0) is 16.6. The van der Waals surface area contributed by atoms with Crippen LogP contribution in [0.5, 0.6) is 11.5 Å². The lowest BCUT2D eigenvalue weighted by molar-refractivity contribution is -0.118. The third kappa shape index (κ3) is 3.30. The molecular formula is C14H20ClN3O5S. The smallest absolute Gasteiger partial charge is 0.262 e. The molecule has 2 aliphatic rings. The van der Waals surface area contributed by atoms with Crippen LogP contribution in [0.15, 0.2) is 17.0 Å². The Kier molecular flexibility index (Phi) is 5.59. The summed E-state index contributed by atoms with van der Waals surface area (Å²) >= 11 is 0. The van der Waals surface area contributed by atoms with Crippen molar-refractivity contribution in [2.24, 2.45) is 0 Å². The van der Waals surface area contributed by atoms with Crippen molar-refractivity contribution >= 4 is 34.0 Å². The number of carbonyl (C=O) groups excluding carboxylic acids is 1. The van der Waals surface area contributed by atoms with Crippen molar-refractivity contribution in [1.82, 2.24) is 9.62 Å². The van der Waals surface area contributed by atoms with Crippen LogP contribution in [0.3, 0.4) is 0 Å². The number of carbonyl (C=O) groups is 1. The summed E-state index contributed by atoms with van der Waals surface area (Å²) in [4.78, 5) is 11.4. The fraction of sp³-hybridized carbons (Fsp3) is 0.500. The van der Waals surface area contributed by atoms with Crippen LogP contribution in [0.4, 0.5) is 5.69 Å². The van der Waals surface area contributed by atoms with Gasteiger partial charge >= 0.3 is 0 Å². The maximum absolute atomic E-state index is 12.9. The van der Waals surface area contributed by atoms with Gasteiger partial charge in [-0.3, -0.25) is 4.79 Å². The second kappa shape index (κ2) is 7.14. The fourth-order valence-corrected chi connectivity index (χ4v) is 4.42. The van der Waals surface area contributed by atoms with Crippen LogP contribution in [-0.2, 0) is 14.8 Å². The summed E-state index contributed by atoms with van der Waals surface area (Å²) in [5.41, 5.74) is 0.409. The van der Waals surface area contributed by atoms with Crippen LogP contribution in [-0.4, -0.2) is 58.5 Å². The van der Waals surface area contributed by atoms with Crippen LogP contribution in [0.25, 0.3) is 0 Å². The first kappa shape index (κ1) is 18.8. The molecule has 134 valence electrons. The largest absolute Gasteiger partial charge is 0.495 e. The van der Waals surface area contributed by atoms with E-state index >= 15 is 0 Å². The van der Waals surface area contributed by atoms with Crippen LogP contribution < -0.4 is 20.1 Å². The topological polar surface area (TPSA) is 97.0 Å². The van der Waals surface area contributed by atoms with E-state index in [2.05, 4.69) is 10.6 Å². The molecule has 24 heavy (non-hydrogen) atoms. The van der Waals surface area contributed by atoms with Gasteiger partial charge in [0.15, 0.2) is 6.61 Å². The lowest BCUT2D eigenvalue weighted by atomic mass is 10.2. The van der Waals surface area contributed by atoms with Crippen molar-refractivity contribution < 1.29 is 22.7 Å². The quantitative estimate of drug-likeness (QED) is 0.789. The molecule has 0 aromatic heterocycles. The van der Waals surface area contributed by atoms with Crippen molar-refractivity contribution in [3.63, 3.8) is 0 Å². The van der Waals surface area contributed by atoms with Gasteiger partial charge in [-0.15, -0.1) is 12.4 Å². The van der Waals surface area contributed by atoms with Gasteiger partial charge in [0.25, 0.3) is 5.91 Å². The van der Waals surface area contributed by atoms with E-state index in [1.807, 2.05) is 7.05 Å². The number of nitrogens with one attached hydrogen (secondary N) is 2. The molecule has 1 unspecified atom stereocenters. The Morgan fingerprint density at radius 3 is 2.79 bits per heavy atom. The van der Waals surface area contributed by atoms with E-state index in [9.17, 15) is 13.2 Å². The second-order valence-electron chi connectivity index (χ2n) is 5.47. The normalized spacial score (nSPS) is 20.6. The van der Waals surface area contributed by atoms with Crippen molar-refractivity contribution in [3.8, 4) is 11.5 Å². The van der Waals surface area contributed by atoms with Crippen LogP contribution >= 0.6 is 12.4 Å². The highest BCUT2D eigenvalue weighted by Crippen LogP contribution is 2.38. The van der Waals surface area contributed by atoms with Crippen molar-refractivity contribution in [2.75, 3.05) is 39.2 Å². The average molecular weight is 378 g/mol. The zero-order valence-electron chi connectivity index (χ0n) is 13.4. The van der Waals surface area contributed by atoms with E-state index in [1.165, 1.54) is 23.5 Å². The molecule has 2 heterocycles. The highest BCUT2D eigenvalue weighted by Gasteiger charge is 2.35. The van der Waals surface area contributed by atoms with E-state index in [1.54, 1.807) is 0 Å². The Morgan fingerprint density at radius 1 is 1.42 bits per heavy atom. The van der Waals surface area contributed by atoms with Gasteiger partial charge in [0.2, 0.25) is 10.0 Å². The van der Waals surface area contributed by atoms with E-state index < -0.39 is 10.0 Å². The Balaban J connectivity index is 0.00000208. The predicted molar refractivity (Wildman–Crippen MR) is 90.6 cm³/mol. The number of hydrogen-bond acceptors (Lipinski definition) is 6. The van der Waals surface area contributed by atoms with Gasteiger partial charge in [-0.1, -0.05) is 0 Å². The first-order valence-electron chi connectivity index (χ1n) is 7.28. The number of rotatable bonds is 4. The van der Waals surface area contributed by atoms with Crippen LogP contribution in [0.1, 0.15) is 6.42 Å². The number of halogens is 1. The SMILES string of the molecule is CNC1CCN(S(=O)(=O)c2cc3c(cc2OC)NC(=O)CO3)C1.Cl. The van der Waals surface area contributed by atoms with Gasteiger partial charge in [-0.05, 0) is 13.5 Å². The summed E-state index contributed by atoms with van der Waals surface area (Å²) in [6.45, 7) is 0.729. The molecule has 1 amide bonds. The first-order chi connectivity index (χ1) is 11.0. The molecule has 0 saturated carbocycles. The highest BCUT2D eigenvalue weighted by atomic mass is 35.5. The van der Waals surface area contributed by atoms with E-state index in [0.717, 1.165) is 6.42 Å². The van der Waals surface area contributed by atoms with Gasteiger partial charge in [0, 0.05) is 31.3 Å². The Labute approximate surface area is 147 Å². The van der Waals surface area contributed by atoms with E-state index in [0.29, 0.717) is 24.5 Å². The predicted octanol–water partition coefficient (Wildman–Crippen LogP) is 0.430. The molecule has 3 rings (SSSR count). The van der Waals surface area contributed by atoms with Gasteiger partial charge < -0.3 is 20.1 Å². The number of fused-ring (bicyclic) bond motifs is 1. The molecule has 1 fully saturated rings. The summed E-state index contributed by atoms with van der Waals surface area (Å²) in [5, 5.41) is 5.73. The molecule has 8 nitrogen and oxygen atoms in total. The number of sulfonamides is 1. The molecule has 1 atom stereocenters. The minimum absolute atomic E-state index is 0. The lowest BCUT2D eigenvalue weighted by Crippen LogP contribution is -2.34. The molecular weight excluding hydrogens is 358 g/mol. The molecule has 0 aliphatic carbocycles. The number of hydrogen-bond donors (Lipinski definition) is 2. The zero-order valence-corrected chi connectivity index (χ0v) is 15.0. The Morgan fingerprint density at radius 2 is 2.17 bits per heavy atom. The summed E-state index contributed by atoms with van der Waals surface area (Å²) in [6.07, 6.45) is 0.759. The number of likely N-dealkylation sites (N-methyl/N-ethyl adjacent to an activating group) is 1. The standard InChI is InChI=1S/C14H19N3O5S.ClH/c1-15-9-3-4-17(7-9)23(19,20)13-6-11-10(5-12(13)21-2)16-14(18)8-22-11;/h5-6,9,15H,3-4,7-8H2,1-2H3,(H,16,18);1H. The number of benzene rings is 1. The Bertz CT molecular complexity index is 740. The molecule has 1 saturated heterocycles. The minimum Gasteiger partial charge on any atom is -0.495 e. The van der Waals surface area contributed by atoms with Crippen LogP contribution in [0.2, 0.25) is 0 Å². The van der Waals surface area contributed by atoms with Crippen LogP contribution in [0, 0.1) is 0 Å². The average Bonchev–Trinajstić information content (AvgIpc) is 3.03. The summed E-state index contributed by atoms with van der Waals surface area (Å²) in [7, 11) is -0.484. The number of anilines is 1. The van der Waals surface area contributed by atoms with Crippen molar-refractivity contribution in [1.29, 1.82) is 0 Å². The second-order valence-corrected chi connectivity index (χ2v) is 7.38. The van der Waals surface area contributed by atoms with Gasteiger partial charge in [0.1, 0.15) is 16.4 Å². The molecule has 1 aromatic rings. The van der Waals surface area contributed by atoms with Gasteiger partial charge in [0.05, 0.1) is 12.8 Å².